The molecule has 2 aromatic carbocycles. The summed E-state index contributed by atoms with van der Waals surface area (Å²) in [5.41, 5.74) is 1.71. The minimum atomic E-state index is -4.44. The van der Waals surface area contributed by atoms with E-state index in [0.717, 1.165) is 25.0 Å². The quantitative estimate of drug-likeness (QED) is 0.248. The van der Waals surface area contributed by atoms with E-state index in [9.17, 15) is 18.0 Å². The van der Waals surface area contributed by atoms with E-state index in [4.69, 9.17) is 28.5 Å². The molecule has 0 unspecified atom stereocenters. The van der Waals surface area contributed by atoms with Gasteiger partial charge in [-0.05, 0) is 72.6 Å². The molecule has 2 N–H and O–H groups in total. The van der Waals surface area contributed by atoms with Crippen LogP contribution in [0.15, 0.2) is 30.3 Å². The second-order valence-corrected chi connectivity index (χ2v) is 10.8. The highest BCUT2D eigenvalue weighted by molar-refractivity contribution is 6.38. The maximum Gasteiger partial charge on any atom is 0.416 e. The zero-order chi connectivity index (χ0) is 26.4. The van der Waals surface area contributed by atoms with Crippen LogP contribution in [-0.2, 0) is 24.5 Å². The Morgan fingerprint density at radius 1 is 1.25 bits per heavy atom. The van der Waals surface area contributed by atoms with E-state index < -0.39 is 11.7 Å². The van der Waals surface area contributed by atoms with Gasteiger partial charge in [0.05, 0.1) is 22.8 Å². The van der Waals surface area contributed by atoms with Gasteiger partial charge in [-0.1, -0.05) is 30.1 Å². The van der Waals surface area contributed by atoms with Gasteiger partial charge < -0.3 is 9.88 Å². The summed E-state index contributed by atoms with van der Waals surface area (Å²) in [6, 6.07) is 7.27. The van der Waals surface area contributed by atoms with Gasteiger partial charge in [-0.2, -0.15) is 13.2 Å². The lowest BCUT2D eigenvalue weighted by atomic mass is 9.63. The van der Waals surface area contributed by atoms with Crippen LogP contribution in [0.1, 0.15) is 52.5 Å². The summed E-state index contributed by atoms with van der Waals surface area (Å²) in [6.07, 6.45) is -2.55. The first-order chi connectivity index (χ1) is 16.8. The van der Waals surface area contributed by atoms with Crippen molar-refractivity contribution in [1.82, 2.24) is 9.88 Å². The van der Waals surface area contributed by atoms with E-state index in [1.54, 1.807) is 30.7 Å². The number of fused-ring (bicyclic) bond motifs is 1. The van der Waals surface area contributed by atoms with E-state index in [-0.39, 0.29) is 40.9 Å². The van der Waals surface area contributed by atoms with E-state index in [1.807, 2.05) is 6.07 Å². The van der Waals surface area contributed by atoms with Crippen LogP contribution in [0, 0.1) is 18.3 Å². The van der Waals surface area contributed by atoms with Crippen molar-refractivity contribution in [2.45, 2.75) is 39.3 Å². The highest BCUT2D eigenvalue weighted by Gasteiger charge is 2.40. The molecular weight excluding hydrogens is 516 g/mol. The number of carbonyl (C=O) groups excluding carboxylic acids is 1. The average molecular weight is 543 g/mol. The largest absolute Gasteiger partial charge is 0.416 e. The molecule has 0 aliphatic heterocycles. The van der Waals surface area contributed by atoms with Gasteiger partial charge in [0, 0.05) is 41.6 Å². The maximum absolute atomic E-state index is 13.3. The summed E-state index contributed by atoms with van der Waals surface area (Å²) in [5.74, 6) is -0.0667. The molecule has 0 radical (unpaired) electrons. The Labute approximate surface area is 217 Å². The number of alkyl halides is 3. The van der Waals surface area contributed by atoms with Gasteiger partial charge in [0.1, 0.15) is 0 Å². The maximum atomic E-state index is 13.3. The molecule has 4 rings (SSSR count). The number of amides is 1. The predicted molar refractivity (Wildman–Crippen MR) is 134 cm³/mol. The van der Waals surface area contributed by atoms with Crippen molar-refractivity contribution in [3.63, 3.8) is 0 Å². The molecule has 1 saturated carbocycles. The molecule has 10 heteroatoms. The molecule has 1 fully saturated rings. The minimum Gasteiger partial charge on any atom is -0.351 e. The fourth-order valence-electron chi connectivity index (χ4n) is 5.20. The third kappa shape index (κ3) is 5.23. The van der Waals surface area contributed by atoms with Crippen LogP contribution < -0.4 is 5.32 Å². The summed E-state index contributed by atoms with van der Waals surface area (Å²) in [4.78, 5) is 17.2. The number of aromatic nitrogens is 1. The van der Waals surface area contributed by atoms with Gasteiger partial charge in [0.2, 0.25) is 0 Å². The van der Waals surface area contributed by atoms with Crippen LogP contribution in [0.3, 0.4) is 0 Å². The lowest BCUT2D eigenvalue weighted by Gasteiger charge is -2.44. The monoisotopic (exact) mass is 542 g/mol. The fraction of sp³-hybridized carbons (Fsp3) is 0.423. The van der Waals surface area contributed by atoms with Gasteiger partial charge in [-0.25, -0.2) is 4.89 Å². The minimum absolute atomic E-state index is 0.0864. The molecule has 194 valence electrons. The Kier molecular flexibility index (Phi) is 7.36. The van der Waals surface area contributed by atoms with Gasteiger partial charge in [0.15, 0.2) is 0 Å². The van der Waals surface area contributed by atoms with Gasteiger partial charge in [-0.3, -0.25) is 10.1 Å². The van der Waals surface area contributed by atoms with E-state index in [1.165, 1.54) is 0 Å². The summed E-state index contributed by atoms with van der Waals surface area (Å²) in [7, 11) is 1.70. The van der Waals surface area contributed by atoms with Gasteiger partial charge in [-0.15, -0.1) is 0 Å². The van der Waals surface area contributed by atoms with Crippen molar-refractivity contribution < 1.29 is 28.1 Å². The number of nitrogens with one attached hydrogen (secondary N) is 1. The first-order valence-electron chi connectivity index (χ1n) is 11.5. The Bertz CT molecular complexity index is 1310. The van der Waals surface area contributed by atoms with Crippen LogP contribution in [0.4, 0.5) is 13.2 Å². The number of rotatable bonds is 7. The molecule has 36 heavy (non-hydrogen) atoms. The Balaban J connectivity index is 1.57. The number of aryl methyl sites for hydroxylation is 2. The molecule has 1 amide bonds. The average Bonchev–Trinajstić information content (AvgIpc) is 3.09. The third-order valence-corrected chi connectivity index (χ3v) is 7.92. The lowest BCUT2D eigenvalue weighted by molar-refractivity contribution is -0.260. The van der Waals surface area contributed by atoms with E-state index in [0.29, 0.717) is 39.3 Å². The SMILES string of the molecule is Cc1cc(C(F)(F)F)cc2c1cc(Cc1c(Cl)ccc(C(=O)NCC3(C)CC(COO)C3)c1Cl)n2C. The standard InChI is InChI=1S/C26H27Cl2F3N2O3/c1-14-6-16(26(29,30)31)7-22-19(14)8-17(33(22)3)9-20-21(27)5-4-18(23(20)28)24(34)32-13-25(2)10-15(11-25)12-36-35/h4-8,15,35H,9-13H2,1-3H3,(H,32,34). The molecule has 0 saturated heterocycles. The molecule has 1 aromatic heterocycles. The van der Waals surface area contributed by atoms with Crippen LogP contribution in [0.25, 0.3) is 10.9 Å². The van der Waals surface area contributed by atoms with Crippen LogP contribution in [0.2, 0.25) is 10.0 Å². The number of hydrogen-bond donors (Lipinski definition) is 2. The molecule has 0 spiro atoms. The van der Waals surface area contributed by atoms with E-state index in [2.05, 4.69) is 17.1 Å². The normalized spacial score (nSPS) is 20.0. The van der Waals surface area contributed by atoms with Crippen molar-refractivity contribution in [3.05, 3.63) is 68.3 Å². The molecule has 1 aliphatic rings. The number of benzene rings is 2. The Morgan fingerprint density at radius 3 is 2.58 bits per heavy atom. The topological polar surface area (TPSA) is 63.5 Å². The zero-order valence-electron chi connectivity index (χ0n) is 20.1. The van der Waals surface area contributed by atoms with Gasteiger partial charge in [0.25, 0.3) is 5.91 Å². The summed E-state index contributed by atoms with van der Waals surface area (Å²) >= 11 is 13.1. The van der Waals surface area contributed by atoms with Crippen LogP contribution in [-0.4, -0.2) is 28.9 Å². The number of nitrogens with zero attached hydrogens (tertiary/aromatic N) is 1. The fourth-order valence-corrected chi connectivity index (χ4v) is 5.79. The number of hydrogen-bond acceptors (Lipinski definition) is 3. The smallest absolute Gasteiger partial charge is 0.351 e. The van der Waals surface area contributed by atoms with Crippen molar-refractivity contribution in [2.24, 2.45) is 18.4 Å². The Hall–Kier alpha value is -2.26. The molecular formula is C26H27Cl2F3N2O3. The predicted octanol–water partition coefficient (Wildman–Crippen LogP) is 7.04. The molecule has 1 heterocycles. The first kappa shape index (κ1) is 26.8. The number of halogens is 5. The van der Waals surface area contributed by atoms with Crippen molar-refractivity contribution >= 4 is 40.0 Å². The third-order valence-electron chi connectivity index (χ3n) is 7.13. The molecule has 1 aliphatic carbocycles. The summed E-state index contributed by atoms with van der Waals surface area (Å²) in [5, 5.41) is 12.8. The zero-order valence-corrected chi connectivity index (χ0v) is 21.6. The van der Waals surface area contributed by atoms with Crippen molar-refractivity contribution in [2.75, 3.05) is 13.2 Å². The highest BCUT2D eigenvalue weighted by Crippen LogP contribution is 2.45. The van der Waals surface area contributed by atoms with Crippen LogP contribution in [0.5, 0.6) is 0 Å². The second-order valence-electron chi connectivity index (χ2n) is 10.0. The Morgan fingerprint density at radius 2 is 1.94 bits per heavy atom. The first-order valence-corrected chi connectivity index (χ1v) is 12.3. The molecule has 0 atom stereocenters. The molecule has 5 nitrogen and oxygen atoms in total. The molecule has 0 bridgehead atoms. The van der Waals surface area contributed by atoms with Crippen molar-refractivity contribution in [1.29, 1.82) is 0 Å². The summed E-state index contributed by atoms with van der Waals surface area (Å²) in [6.45, 7) is 4.43. The molecule has 3 aromatic rings. The summed E-state index contributed by atoms with van der Waals surface area (Å²) < 4.78 is 41.7. The van der Waals surface area contributed by atoms with Gasteiger partial charge >= 0.3 is 6.18 Å². The second kappa shape index (κ2) is 9.89. The lowest BCUT2D eigenvalue weighted by Crippen LogP contribution is -2.45. The highest BCUT2D eigenvalue weighted by atomic mass is 35.5. The van der Waals surface area contributed by atoms with Crippen LogP contribution >= 0.6 is 23.2 Å². The van der Waals surface area contributed by atoms with E-state index >= 15 is 0 Å². The number of carbonyl (C=O) groups is 1. The van der Waals surface area contributed by atoms with Crippen molar-refractivity contribution in [3.8, 4) is 0 Å².